The van der Waals surface area contributed by atoms with Crippen LogP contribution in [0.3, 0.4) is 0 Å². The van der Waals surface area contributed by atoms with Crippen molar-refractivity contribution in [2.75, 3.05) is 5.88 Å². The summed E-state index contributed by atoms with van der Waals surface area (Å²) in [7, 11) is 0. The van der Waals surface area contributed by atoms with Crippen molar-refractivity contribution < 1.29 is 4.79 Å². The predicted molar refractivity (Wildman–Crippen MR) is 41.8 cm³/mol. The van der Waals surface area contributed by atoms with Crippen LogP contribution < -0.4 is 5.32 Å². The van der Waals surface area contributed by atoms with Gasteiger partial charge in [-0.25, -0.2) is 0 Å². The van der Waals surface area contributed by atoms with E-state index in [9.17, 15) is 4.79 Å². The van der Waals surface area contributed by atoms with Crippen molar-refractivity contribution in [1.82, 2.24) is 5.32 Å². The van der Waals surface area contributed by atoms with Gasteiger partial charge in [-0.2, -0.15) is 0 Å². The molecule has 10 heavy (non-hydrogen) atoms. The highest BCUT2D eigenvalue weighted by molar-refractivity contribution is 6.18. The summed E-state index contributed by atoms with van der Waals surface area (Å²) in [6, 6.07) is -0.198. The van der Waals surface area contributed by atoms with Gasteiger partial charge in [0.2, 0.25) is 5.91 Å². The SMILES string of the molecule is C#CC(C)NC(=O)CCCl. The fourth-order valence-corrected chi connectivity index (χ4v) is 0.613. The molecule has 0 bridgehead atoms. The molecule has 0 aliphatic rings. The van der Waals surface area contributed by atoms with Gasteiger partial charge >= 0.3 is 0 Å². The van der Waals surface area contributed by atoms with Gasteiger partial charge < -0.3 is 5.32 Å². The van der Waals surface area contributed by atoms with Crippen LogP contribution in [-0.2, 0) is 4.79 Å². The monoisotopic (exact) mass is 159 g/mol. The summed E-state index contributed by atoms with van der Waals surface area (Å²) < 4.78 is 0. The lowest BCUT2D eigenvalue weighted by atomic mass is 10.3. The molecule has 0 saturated heterocycles. The number of hydrogen-bond acceptors (Lipinski definition) is 1. The van der Waals surface area contributed by atoms with Gasteiger partial charge in [0.05, 0.1) is 6.04 Å². The van der Waals surface area contributed by atoms with Crippen LogP contribution in [0.4, 0.5) is 0 Å². The highest BCUT2D eigenvalue weighted by atomic mass is 35.5. The van der Waals surface area contributed by atoms with E-state index in [0.29, 0.717) is 12.3 Å². The van der Waals surface area contributed by atoms with Gasteiger partial charge in [-0.3, -0.25) is 4.79 Å². The Labute approximate surface area is 65.9 Å². The maximum Gasteiger partial charge on any atom is 0.222 e. The molecule has 1 amide bonds. The van der Waals surface area contributed by atoms with Crippen LogP contribution in [0.2, 0.25) is 0 Å². The van der Waals surface area contributed by atoms with Crippen molar-refractivity contribution in [3.63, 3.8) is 0 Å². The lowest BCUT2D eigenvalue weighted by molar-refractivity contribution is -0.120. The molecular weight excluding hydrogens is 150 g/mol. The van der Waals surface area contributed by atoms with Crippen LogP contribution in [-0.4, -0.2) is 17.8 Å². The molecule has 1 N–H and O–H groups in total. The van der Waals surface area contributed by atoms with Crippen molar-refractivity contribution in [3.8, 4) is 12.3 Å². The number of rotatable bonds is 3. The van der Waals surface area contributed by atoms with Gasteiger partial charge in [0, 0.05) is 12.3 Å². The number of halogens is 1. The van der Waals surface area contributed by atoms with E-state index >= 15 is 0 Å². The summed E-state index contributed by atoms with van der Waals surface area (Å²) in [5.74, 6) is 2.62. The van der Waals surface area contributed by atoms with E-state index in [2.05, 4.69) is 11.2 Å². The zero-order chi connectivity index (χ0) is 7.98. The van der Waals surface area contributed by atoms with Crippen molar-refractivity contribution in [3.05, 3.63) is 0 Å². The number of alkyl halides is 1. The Bertz CT molecular complexity index is 150. The second-order valence-corrected chi connectivity index (χ2v) is 2.27. The summed E-state index contributed by atoms with van der Waals surface area (Å²) in [6.07, 6.45) is 5.35. The summed E-state index contributed by atoms with van der Waals surface area (Å²) in [5.41, 5.74) is 0. The van der Waals surface area contributed by atoms with Crippen LogP contribution in [0.5, 0.6) is 0 Å². The standard InChI is InChI=1S/C7H10ClNO/c1-3-6(2)9-7(10)4-5-8/h1,6H,4-5H2,2H3,(H,9,10). The van der Waals surface area contributed by atoms with E-state index in [1.807, 2.05) is 0 Å². The van der Waals surface area contributed by atoms with Crippen molar-refractivity contribution >= 4 is 17.5 Å². The zero-order valence-corrected chi connectivity index (χ0v) is 6.61. The minimum absolute atomic E-state index is 0.0968. The zero-order valence-electron chi connectivity index (χ0n) is 5.86. The fraction of sp³-hybridized carbons (Fsp3) is 0.571. The van der Waals surface area contributed by atoms with Crippen molar-refractivity contribution in [1.29, 1.82) is 0 Å². The van der Waals surface area contributed by atoms with Gasteiger partial charge in [-0.05, 0) is 6.92 Å². The van der Waals surface area contributed by atoms with Crippen LogP contribution >= 0.6 is 11.6 Å². The Balaban J connectivity index is 3.49. The first kappa shape index (κ1) is 9.32. The lowest BCUT2D eigenvalue weighted by Crippen LogP contribution is -2.31. The topological polar surface area (TPSA) is 29.1 Å². The molecule has 0 aliphatic heterocycles. The summed E-state index contributed by atoms with van der Waals surface area (Å²) in [4.78, 5) is 10.7. The Morgan fingerprint density at radius 2 is 2.50 bits per heavy atom. The van der Waals surface area contributed by atoms with Crippen LogP contribution in [0.1, 0.15) is 13.3 Å². The van der Waals surface area contributed by atoms with Gasteiger partial charge in [-0.15, -0.1) is 18.0 Å². The second kappa shape index (κ2) is 5.13. The van der Waals surface area contributed by atoms with E-state index in [4.69, 9.17) is 18.0 Å². The summed E-state index contributed by atoms with van der Waals surface area (Å²) in [6.45, 7) is 1.74. The first-order chi connectivity index (χ1) is 4.70. The lowest BCUT2D eigenvalue weighted by Gasteiger charge is -2.04. The molecule has 0 heterocycles. The number of carbonyl (C=O) groups excluding carboxylic acids is 1. The van der Waals surface area contributed by atoms with E-state index < -0.39 is 0 Å². The van der Waals surface area contributed by atoms with E-state index in [0.717, 1.165) is 0 Å². The summed E-state index contributed by atoms with van der Waals surface area (Å²) >= 11 is 5.31. The Hall–Kier alpha value is -0.680. The van der Waals surface area contributed by atoms with E-state index in [1.165, 1.54) is 0 Å². The highest BCUT2D eigenvalue weighted by Crippen LogP contribution is 1.85. The molecule has 0 spiro atoms. The Morgan fingerprint density at radius 1 is 1.90 bits per heavy atom. The van der Waals surface area contributed by atoms with Crippen molar-refractivity contribution in [2.45, 2.75) is 19.4 Å². The number of carbonyl (C=O) groups is 1. The average molecular weight is 160 g/mol. The molecular formula is C7H10ClNO. The molecule has 1 atom stereocenters. The molecule has 0 aromatic heterocycles. The average Bonchev–Trinajstić information content (AvgIpc) is 1.88. The normalized spacial score (nSPS) is 11.7. The number of amides is 1. The first-order valence-electron chi connectivity index (χ1n) is 3.02. The first-order valence-corrected chi connectivity index (χ1v) is 3.55. The van der Waals surface area contributed by atoms with Crippen LogP contribution in [0, 0.1) is 12.3 Å². The molecule has 0 aromatic carbocycles. The summed E-state index contributed by atoms with van der Waals surface area (Å²) in [5, 5.41) is 2.57. The largest absolute Gasteiger partial charge is 0.343 e. The molecule has 0 aromatic rings. The van der Waals surface area contributed by atoms with Gasteiger partial charge in [0.1, 0.15) is 0 Å². The molecule has 2 nitrogen and oxygen atoms in total. The third-order valence-corrected chi connectivity index (χ3v) is 1.14. The number of terminal acetylenes is 1. The maximum atomic E-state index is 10.7. The second-order valence-electron chi connectivity index (χ2n) is 1.89. The van der Waals surface area contributed by atoms with Crippen molar-refractivity contribution in [2.24, 2.45) is 0 Å². The number of nitrogens with one attached hydrogen (secondary N) is 1. The molecule has 1 unspecified atom stereocenters. The smallest absolute Gasteiger partial charge is 0.222 e. The Morgan fingerprint density at radius 3 is 2.90 bits per heavy atom. The fourth-order valence-electron chi connectivity index (χ4n) is 0.441. The number of hydrogen-bond donors (Lipinski definition) is 1. The third-order valence-electron chi connectivity index (χ3n) is 0.949. The minimum atomic E-state index is -0.198. The molecule has 0 aliphatic carbocycles. The van der Waals surface area contributed by atoms with Crippen LogP contribution in [0.15, 0.2) is 0 Å². The molecule has 0 rings (SSSR count). The van der Waals surface area contributed by atoms with Gasteiger partial charge in [-0.1, -0.05) is 5.92 Å². The molecule has 0 fully saturated rings. The highest BCUT2D eigenvalue weighted by Gasteiger charge is 2.01. The van der Waals surface area contributed by atoms with Gasteiger partial charge in [0.15, 0.2) is 0 Å². The molecule has 0 radical (unpaired) electrons. The van der Waals surface area contributed by atoms with E-state index in [-0.39, 0.29) is 11.9 Å². The predicted octanol–water partition coefficient (Wildman–Crippen LogP) is 0.753. The van der Waals surface area contributed by atoms with E-state index in [1.54, 1.807) is 6.92 Å². The molecule has 56 valence electrons. The minimum Gasteiger partial charge on any atom is -0.343 e. The quantitative estimate of drug-likeness (QED) is 0.478. The third kappa shape index (κ3) is 4.22. The Kier molecular flexibility index (Phi) is 4.78. The molecule has 0 saturated carbocycles. The van der Waals surface area contributed by atoms with Gasteiger partial charge in [0.25, 0.3) is 0 Å². The molecule has 3 heteroatoms. The van der Waals surface area contributed by atoms with Crippen LogP contribution in [0.25, 0.3) is 0 Å². The maximum absolute atomic E-state index is 10.7.